The smallest absolute Gasteiger partial charge is 0.130 e. The number of aromatic nitrogens is 2. The van der Waals surface area contributed by atoms with Crippen LogP contribution in [-0.2, 0) is 12.4 Å². The van der Waals surface area contributed by atoms with Crippen molar-refractivity contribution in [2.75, 3.05) is 18.0 Å². The van der Waals surface area contributed by atoms with Gasteiger partial charge < -0.3 is 4.90 Å². The minimum atomic E-state index is 0.900. The first-order valence-corrected chi connectivity index (χ1v) is 8.62. The maximum absolute atomic E-state index is 4.59. The second kappa shape index (κ2) is 6.78. The summed E-state index contributed by atoms with van der Waals surface area (Å²) >= 11 is 3.62. The Morgan fingerprint density at radius 2 is 2.11 bits per heavy atom. The third kappa shape index (κ3) is 3.33. The van der Waals surface area contributed by atoms with Crippen LogP contribution in [0.3, 0.4) is 0 Å². The van der Waals surface area contributed by atoms with Gasteiger partial charge >= 0.3 is 0 Å². The van der Waals surface area contributed by atoms with Gasteiger partial charge in [-0.25, -0.2) is 0 Å². The zero-order chi connectivity index (χ0) is 13.8. The van der Waals surface area contributed by atoms with Crippen LogP contribution < -0.4 is 4.90 Å². The number of alkyl halides is 1. The van der Waals surface area contributed by atoms with Gasteiger partial charge in [-0.2, -0.15) is 5.10 Å². The molecule has 4 heteroatoms. The molecule has 1 aromatic rings. The van der Waals surface area contributed by atoms with Crippen molar-refractivity contribution >= 4 is 21.7 Å². The molecule has 2 heterocycles. The Kier molecular flexibility index (Phi) is 5.31. The van der Waals surface area contributed by atoms with Gasteiger partial charge in [0.2, 0.25) is 0 Å². The summed E-state index contributed by atoms with van der Waals surface area (Å²) in [4.78, 5) is 2.55. The molecule has 2 rings (SSSR count). The highest BCUT2D eigenvalue weighted by Gasteiger charge is 2.22. The van der Waals surface area contributed by atoms with E-state index in [9.17, 15) is 0 Å². The number of hydrogen-bond donors (Lipinski definition) is 0. The zero-order valence-corrected chi connectivity index (χ0v) is 14.0. The van der Waals surface area contributed by atoms with Crippen molar-refractivity contribution in [1.29, 1.82) is 0 Å². The molecule has 1 fully saturated rings. The molecule has 0 bridgehead atoms. The van der Waals surface area contributed by atoms with Crippen LogP contribution in [0.25, 0.3) is 0 Å². The SMILES string of the molecule is CCCC1CCCN(c2c(CBr)c(C)nn2C)CC1. The molecule has 1 unspecified atom stereocenters. The summed E-state index contributed by atoms with van der Waals surface area (Å²) in [6.07, 6.45) is 6.76. The second-order valence-electron chi connectivity index (χ2n) is 5.72. The zero-order valence-electron chi connectivity index (χ0n) is 12.5. The molecule has 1 aromatic heterocycles. The van der Waals surface area contributed by atoms with Crippen LogP contribution in [0.15, 0.2) is 0 Å². The lowest BCUT2D eigenvalue weighted by Crippen LogP contribution is -2.27. The van der Waals surface area contributed by atoms with E-state index in [1.54, 1.807) is 0 Å². The predicted octanol–water partition coefficient (Wildman–Crippen LogP) is 4.03. The monoisotopic (exact) mass is 327 g/mol. The Bertz CT molecular complexity index is 414. The lowest BCUT2D eigenvalue weighted by molar-refractivity contribution is 0.435. The van der Waals surface area contributed by atoms with E-state index in [2.05, 4.69) is 51.5 Å². The third-order valence-electron chi connectivity index (χ3n) is 4.29. The van der Waals surface area contributed by atoms with E-state index in [-0.39, 0.29) is 0 Å². The van der Waals surface area contributed by atoms with E-state index in [1.807, 2.05) is 0 Å². The number of aryl methyl sites for hydroxylation is 2. The molecular formula is C15H26BrN3. The average Bonchev–Trinajstić information content (AvgIpc) is 2.55. The number of rotatable bonds is 4. The summed E-state index contributed by atoms with van der Waals surface area (Å²) in [5.41, 5.74) is 2.51. The Labute approximate surface area is 125 Å². The Morgan fingerprint density at radius 3 is 2.79 bits per heavy atom. The van der Waals surface area contributed by atoms with Gasteiger partial charge in [-0.1, -0.05) is 35.7 Å². The standard InChI is InChI=1S/C15H26BrN3/c1-4-6-13-7-5-9-19(10-8-13)15-14(11-16)12(2)17-18(15)3/h13H,4-11H2,1-3H3. The topological polar surface area (TPSA) is 21.1 Å². The highest BCUT2D eigenvalue weighted by molar-refractivity contribution is 9.08. The van der Waals surface area contributed by atoms with Crippen molar-refractivity contribution in [3.8, 4) is 0 Å². The second-order valence-corrected chi connectivity index (χ2v) is 6.28. The molecule has 19 heavy (non-hydrogen) atoms. The van der Waals surface area contributed by atoms with Crippen LogP contribution in [0, 0.1) is 12.8 Å². The fourth-order valence-electron chi connectivity index (χ4n) is 3.32. The van der Waals surface area contributed by atoms with Gasteiger partial charge in [-0.05, 0) is 32.1 Å². The maximum atomic E-state index is 4.59. The van der Waals surface area contributed by atoms with E-state index in [4.69, 9.17) is 0 Å². The lowest BCUT2D eigenvalue weighted by atomic mass is 9.96. The highest BCUT2D eigenvalue weighted by Crippen LogP contribution is 2.29. The van der Waals surface area contributed by atoms with Gasteiger partial charge in [0.15, 0.2) is 0 Å². The first kappa shape index (κ1) is 14.9. The normalized spacial score (nSPS) is 20.6. The van der Waals surface area contributed by atoms with Crippen molar-refractivity contribution in [1.82, 2.24) is 9.78 Å². The molecule has 1 aliphatic heterocycles. The van der Waals surface area contributed by atoms with Gasteiger partial charge in [0.1, 0.15) is 5.82 Å². The Morgan fingerprint density at radius 1 is 1.32 bits per heavy atom. The van der Waals surface area contributed by atoms with Crippen LogP contribution in [0.2, 0.25) is 0 Å². The molecule has 1 atom stereocenters. The van der Waals surface area contributed by atoms with Crippen molar-refractivity contribution in [3.63, 3.8) is 0 Å². The molecule has 0 amide bonds. The Hall–Kier alpha value is -0.510. The van der Waals surface area contributed by atoms with Crippen LogP contribution in [0.4, 0.5) is 5.82 Å². The van der Waals surface area contributed by atoms with Gasteiger partial charge in [0, 0.05) is 31.0 Å². The average molecular weight is 328 g/mol. The summed E-state index contributed by atoms with van der Waals surface area (Å²) in [6, 6.07) is 0. The van der Waals surface area contributed by atoms with Crippen molar-refractivity contribution in [2.24, 2.45) is 13.0 Å². The molecule has 1 aliphatic rings. The third-order valence-corrected chi connectivity index (χ3v) is 4.85. The van der Waals surface area contributed by atoms with E-state index in [0.29, 0.717) is 0 Å². The van der Waals surface area contributed by atoms with E-state index < -0.39 is 0 Å². The fourth-order valence-corrected chi connectivity index (χ4v) is 3.97. The van der Waals surface area contributed by atoms with E-state index >= 15 is 0 Å². The molecule has 0 aromatic carbocycles. The summed E-state index contributed by atoms with van der Waals surface area (Å²) in [7, 11) is 2.07. The highest BCUT2D eigenvalue weighted by atomic mass is 79.9. The molecule has 1 saturated heterocycles. The predicted molar refractivity (Wildman–Crippen MR) is 85.0 cm³/mol. The summed E-state index contributed by atoms with van der Waals surface area (Å²) in [5, 5.41) is 5.49. The van der Waals surface area contributed by atoms with Crippen LogP contribution in [0.1, 0.15) is 50.3 Å². The maximum Gasteiger partial charge on any atom is 0.130 e. The van der Waals surface area contributed by atoms with Crippen LogP contribution in [0.5, 0.6) is 0 Å². The molecule has 3 nitrogen and oxygen atoms in total. The molecule has 0 saturated carbocycles. The van der Waals surface area contributed by atoms with Gasteiger partial charge in [-0.15, -0.1) is 0 Å². The number of halogens is 1. The van der Waals surface area contributed by atoms with Crippen molar-refractivity contribution in [3.05, 3.63) is 11.3 Å². The van der Waals surface area contributed by atoms with Gasteiger partial charge in [0.25, 0.3) is 0 Å². The quantitative estimate of drug-likeness (QED) is 0.778. The van der Waals surface area contributed by atoms with Crippen molar-refractivity contribution < 1.29 is 0 Å². The summed E-state index contributed by atoms with van der Waals surface area (Å²) in [6.45, 7) is 6.77. The first-order valence-electron chi connectivity index (χ1n) is 7.50. The fraction of sp³-hybridized carbons (Fsp3) is 0.800. The molecular weight excluding hydrogens is 302 g/mol. The summed E-state index contributed by atoms with van der Waals surface area (Å²) in [5.74, 6) is 2.25. The number of nitrogens with zero attached hydrogens (tertiary/aromatic N) is 3. The lowest BCUT2D eigenvalue weighted by Gasteiger charge is -2.24. The minimum absolute atomic E-state index is 0.900. The van der Waals surface area contributed by atoms with Crippen molar-refractivity contribution in [2.45, 2.75) is 51.3 Å². The van der Waals surface area contributed by atoms with Gasteiger partial charge in [0.05, 0.1) is 5.69 Å². The molecule has 0 N–H and O–H groups in total. The van der Waals surface area contributed by atoms with E-state index in [1.165, 1.54) is 56.6 Å². The molecule has 0 aliphatic carbocycles. The molecule has 108 valence electrons. The van der Waals surface area contributed by atoms with Crippen LogP contribution in [-0.4, -0.2) is 22.9 Å². The molecule has 0 spiro atoms. The number of hydrogen-bond acceptors (Lipinski definition) is 2. The summed E-state index contributed by atoms with van der Waals surface area (Å²) < 4.78 is 2.06. The van der Waals surface area contributed by atoms with Gasteiger partial charge in [-0.3, -0.25) is 4.68 Å². The van der Waals surface area contributed by atoms with E-state index in [0.717, 1.165) is 16.9 Å². The largest absolute Gasteiger partial charge is 0.357 e. The first-order chi connectivity index (χ1) is 9.17. The minimum Gasteiger partial charge on any atom is -0.357 e. The number of anilines is 1. The van der Waals surface area contributed by atoms with Crippen LogP contribution >= 0.6 is 15.9 Å². The molecule has 0 radical (unpaired) electrons. The Balaban J connectivity index is 2.14.